The molecule has 212 valence electrons. The second-order valence-electron chi connectivity index (χ2n) is 13.3. The molecule has 8 nitrogen and oxygen atoms in total. The minimum Gasteiger partial charge on any atom is -0.468 e. The molecule has 0 unspecified atom stereocenters. The number of esters is 2. The van der Waals surface area contributed by atoms with Gasteiger partial charge in [-0.25, -0.2) is 9.59 Å². The molecular weight excluding hydrogens is 484 g/mol. The maximum Gasteiger partial charge on any atom is 0.345 e. The fourth-order valence-electron chi connectivity index (χ4n) is 6.21. The van der Waals surface area contributed by atoms with E-state index in [1.807, 2.05) is 0 Å². The molecule has 0 bridgehead atoms. The molecule has 2 fully saturated rings. The predicted octanol–water partition coefficient (Wildman–Crippen LogP) is 4.76. The van der Waals surface area contributed by atoms with Crippen LogP contribution in [-0.2, 0) is 23.8 Å². The fraction of sp³-hybridized carbons (Fsp3) is 0.667. The van der Waals surface area contributed by atoms with Gasteiger partial charge in [-0.2, -0.15) is 0 Å². The topological polar surface area (TPSA) is 95.1 Å². The van der Waals surface area contributed by atoms with Crippen LogP contribution < -0.4 is 15.4 Å². The number of carbonyl (C=O) groups is 2. The Bertz CT molecular complexity index is 940. The SMILES string of the molecule is COCOc1ccc(C=C(C(=O)OC2CC(C)(C)NC(C)(C)C2)C(=O)OC2CC(C)(C)NC(C)(C)C2)cc1. The highest BCUT2D eigenvalue weighted by atomic mass is 16.7. The molecule has 8 heteroatoms. The minimum absolute atomic E-state index is 0.112. The number of ether oxygens (including phenoxy) is 4. The monoisotopic (exact) mass is 530 g/mol. The molecule has 3 rings (SSSR count). The largest absolute Gasteiger partial charge is 0.468 e. The Balaban J connectivity index is 1.85. The second kappa shape index (κ2) is 11.4. The van der Waals surface area contributed by atoms with Crippen molar-refractivity contribution in [2.24, 2.45) is 0 Å². The smallest absolute Gasteiger partial charge is 0.345 e. The van der Waals surface area contributed by atoms with E-state index < -0.39 is 11.9 Å². The molecule has 2 heterocycles. The third kappa shape index (κ3) is 8.82. The van der Waals surface area contributed by atoms with Gasteiger partial charge in [-0.05, 0) is 79.2 Å². The van der Waals surface area contributed by atoms with Crippen LogP contribution in [0.15, 0.2) is 29.8 Å². The lowest BCUT2D eigenvalue weighted by Gasteiger charge is -2.46. The Morgan fingerprint density at radius 2 is 1.16 bits per heavy atom. The minimum atomic E-state index is -0.666. The molecule has 0 saturated carbocycles. The van der Waals surface area contributed by atoms with Crippen molar-refractivity contribution in [2.75, 3.05) is 13.9 Å². The van der Waals surface area contributed by atoms with Crippen LogP contribution in [0, 0.1) is 0 Å². The van der Waals surface area contributed by atoms with E-state index in [1.165, 1.54) is 0 Å². The van der Waals surface area contributed by atoms with Crippen molar-refractivity contribution in [3.63, 3.8) is 0 Å². The first kappa shape index (κ1) is 30.1. The first-order chi connectivity index (χ1) is 17.5. The summed E-state index contributed by atoms with van der Waals surface area (Å²) in [7, 11) is 1.55. The maximum atomic E-state index is 13.5. The summed E-state index contributed by atoms with van der Waals surface area (Å²) >= 11 is 0. The van der Waals surface area contributed by atoms with E-state index in [0.29, 0.717) is 37.0 Å². The lowest BCUT2D eigenvalue weighted by molar-refractivity contribution is -0.156. The summed E-state index contributed by atoms with van der Waals surface area (Å²) in [5.74, 6) is -0.713. The molecule has 0 spiro atoms. The highest BCUT2D eigenvalue weighted by Crippen LogP contribution is 2.33. The molecule has 2 N–H and O–H groups in total. The molecule has 0 amide bonds. The van der Waals surface area contributed by atoms with Crippen molar-refractivity contribution < 1.29 is 28.5 Å². The van der Waals surface area contributed by atoms with Crippen LogP contribution in [0.25, 0.3) is 6.08 Å². The second-order valence-corrected chi connectivity index (χ2v) is 13.3. The summed E-state index contributed by atoms with van der Waals surface area (Å²) in [6.45, 7) is 16.9. The molecule has 0 radical (unpaired) electrons. The molecule has 0 atom stereocenters. The van der Waals surface area contributed by atoms with Crippen molar-refractivity contribution in [3.8, 4) is 5.75 Å². The van der Waals surface area contributed by atoms with Crippen molar-refractivity contribution in [3.05, 3.63) is 35.4 Å². The average molecular weight is 531 g/mol. The van der Waals surface area contributed by atoms with Crippen LogP contribution in [0.3, 0.4) is 0 Å². The molecular formula is C30H46N2O6. The summed E-state index contributed by atoms with van der Waals surface area (Å²) < 4.78 is 22.3. The van der Waals surface area contributed by atoms with Gasteiger partial charge in [0.05, 0.1) is 0 Å². The number of hydrogen-bond acceptors (Lipinski definition) is 8. The average Bonchev–Trinajstić information content (AvgIpc) is 2.72. The van der Waals surface area contributed by atoms with Crippen LogP contribution >= 0.6 is 0 Å². The van der Waals surface area contributed by atoms with Crippen molar-refractivity contribution >= 4 is 18.0 Å². The maximum absolute atomic E-state index is 13.5. The van der Waals surface area contributed by atoms with Gasteiger partial charge in [0.1, 0.15) is 23.5 Å². The van der Waals surface area contributed by atoms with Crippen molar-refractivity contribution in [2.45, 2.75) is 115 Å². The third-order valence-electron chi connectivity index (χ3n) is 6.83. The van der Waals surface area contributed by atoms with Gasteiger partial charge in [0, 0.05) is 54.9 Å². The molecule has 38 heavy (non-hydrogen) atoms. The van der Waals surface area contributed by atoms with E-state index in [4.69, 9.17) is 18.9 Å². The van der Waals surface area contributed by atoms with Crippen LogP contribution in [0.5, 0.6) is 5.75 Å². The molecule has 2 aliphatic rings. The summed E-state index contributed by atoms with van der Waals surface area (Å²) in [5, 5.41) is 7.18. The van der Waals surface area contributed by atoms with Crippen LogP contribution in [0.4, 0.5) is 0 Å². The van der Waals surface area contributed by atoms with Gasteiger partial charge in [-0.1, -0.05) is 12.1 Å². The summed E-state index contributed by atoms with van der Waals surface area (Å²) in [5.41, 5.74) is -0.277. The molecule has 1 aromatic carbocycles. The van der Waals surface area contributed by atoms with Gasteiger partial charge in [-0.3, -0.25) is 0 Å². The Morgan fingerprint density at radius 1 is 0.763 bits per heavy atom. The van der Waals surface area contributed by atoms with E-state index in [1.54, 1.807) is 37.5 Å². The first-order valence-corrected chi connectivity index (χ1v) is 13.4. The number of piperidine rings is 2. The Kier molecular flexibility index (Phi) is 9.01. The van der Waals surface area contributed by atoms with Crippen molar-refractivity contribution in [1.29, 1.82) is 0 Å². The van der Waals surface area contributed by atoms with E-state index in [9.17, 15) is 9.59 Å². The quantitative estimate of drug-likeness (QED) is 0.163. The molecule has 1 aromatic rings. The molecule has 0 aromatic heterocycles. The van der Waals surface area contributed by atoms with Gasteiger partial charge in [-0.15, -0.1) is 0 Å². The van der Waals surface area contributed by atoms with Gasteiger partial charge in [0.25, 0.3) is 0 Å². The molecule has 2 saturated heterocycles. The number of rotatable bonds is 8. The third-order valence-corrected chi connectivity index (χ3v) is 6.83. The van der Waals surface area contributed by atoms with Crippen LogP contribution in [-0.4, -0.2) is 60.2 Å². The Labute approximate surface area is 227 Å². The normalized spacial score (nSPS) is 22.2. The number of benzene rings is 1. The first-order valence-electron chi connectivity index (χ1n) is 13.4. The van der Waals surface area contributed by atoms with E-state index in [0.717, 1.165) is 0 Å². The van der Waals surface area contributed by atoms with Crippen LogP contribution in [0.1, 0.15) is 86.6 Å². The number of hydrogen-bond donors (Lipinski definition) is 2. The van der Waals surface area contributed by atoms with Gasteiger partial charge < -0.3 is 29.6 Å². The zero-order valence-corrected chi connectivity index (χ0v) is 24.5. The van der Waals surface area contributed by atoms with Crippen LogP contribution in [0.2, 0.25) is 0 Å². The van der Waals surface area contributed by atoms with Gasteiger partial charge >= 0.3 is 11.9 Å². The zero-order valence-electron chi connectivity index (χ0n) is 24.5. The van der Waals surface area contributed by atoms with Gasteiger partial charge in [0.15, 0.2) is 6.79 Å². The highest BCUT2D eigenvalue weighted by Gasteiger charge is 2.42. The number of nitrogens with one attached hydrogen (secondary N) is 2. The van der Waals surface area contributed by atoms with E-state index in [2.05, 4.69) is 66.0 Å². The van der Waals surface area contributed by atoms with E-state index >= 15 is 0 Å². The zero-order chi connectivity index (χ0) is 28.4. The lowest BCUT2D eigenvalue weighted by Crippen LogP contribution is -2.60. The highest BCUT2D eigenvalue weighted by molar-refractivity contribution is 6.17. The molecule has 2 aliphatic heterocycles. The fourth-order valence-corrected chi connectivity index (χ4v) is 6.21. The van der Waals surface area contributed by atoms with Crippen molar-refractivity contribution in [1.82, 2.24) is 10.6 Å². The predicted molar refractivity (Wildman–Crippen MR) is 148 cm³/mol. The lowest BCUT2D eigenvalue weighted by atomic mass is 9.81. The number of methoxy groups -OCH3 is 1. The Hall–Kier alpha value is -2.42. The summed E-state index contributed by atoms with van der Waals surface area (Å²) in [4.78, 5) is 27.0. The molecule has 0 aliphatic carbocycles. The van der Waals surface area contributed by atoms with Gasteiger partial charge in [0.2, 0.25) is 0 Å². The number of carbonyl (C=O) groups excluding carboxylic acids is 2. The summed E-state index contributed by atoms with van der Waals surface area (Å²) in [6.07, 6.45) is 3.47. The summed E-state index contributed by atoms with van der Waals surface area (Å²) in [6, 6.07) is 7.07. The standard InChI is InChI=1S/C30H46N2O6/c1-27(2)15-22(16-28(3,4)31-27)37-25(33)24(14-20-10-12-21(13-11-20)36-19-35-9)26(34)38-23-17-29(5,6)32-30(7,8)18-23/h10-14,22-23,31-32H,15-19H2,1-9H3. The van der Waals surface area contributed by atoms with E-state index in [-0.39, 0.29) is 46.7 Å². The Morgan fingerprint density at radius 3 is 1.53 bits per heavy atom.